The van der Waals surface area contributed by atoms with Gasteiger partial charge in [0.25, 0.3) is 0 Å². The summed E-state index contributed by atoms with van der Waals surface area (Å²) in [5.74, 6) is 0.0788. The molecule has 1 aliphatic carbocycles. The number of para-hydroxylation sites is 1. The average Bonchev–Trinajstić information content (AvgIpc) is 2.84. The molecule has 0 saturated heterocycles. The fourth-order valence-electron chi connectivity index (χ4n) is 4.54. The van der Waals surface area contributed by atoms with Gasteiger partial charge in [0.1, 0.15) is 5.60 Å². The smallest absolute Gasteiger partial charge is 0.421 e. The summed E-state index contributed by atoms with van der Waals surface area (Å²) in [5.41, 5.74) is 0.262. The van der Waals surface area contributed by atoms with Crippen molar-refractivity contribution in [2.45, 2.75) is 70.3 Å². The molecule has 0 bridgehead atoms. The van der Waals surface area contributed by atoms with Crippen LogP contribution < -0.4 is 4.90 Å². The van der Waals surface area contributed by atoms with E-state index in [9.17, 15) is 9.59 Å². The molecule has 1 aromatic carbocycles. The molecule has 0 aromatic heterocycles. The van der Waals surface area contributed by atoms with E-state index in [-0.39, 0.29) is 11.8 Å². The quantitative estimate of drug-likeness (QED) is 0.686. The number of benzene rings is 1. The lowest BCUT2D eigenvalue weighted by molar-refractivity contribution is -0.125. The van der Waals surface area contributed by atoms with E-state index in [0.29, 0.717) is 12.1 Å². The Hall–Kier alpha value is -2.10. The number of fused-ring (bicyclic) bond motifs is 1. The monoisotopic (exact) mass is 355 g/mol. The second-order valence-corrected chi connectivity index (χ2v) is 8.44. The Balaban J connectivity index is 2.10. The van der Waals surface area contributed by atoms with Crippen molar-refractivity contribution in [1.82, 2.24) is 0 Å². The second-order valence-electron chi connectivity index (χ2n) is 8.44. The molecule has 2 amide bonds. The van der Waals surface area contributed by atoms with E-state index in [1.165, 1.54) is 11.3 Å². The first kappa shape index (κ1) is 18.7. The fourth-order valence-corrected chi connectivity index (χ4v) is 4.54. The summed E-state index contributed by atoms with van der Waals surface area (Å²) >= 11 is 0. The molecule has 2 aliphatic rings. The van der Waals surface area contributed by atoms with Crippen LogP contribution in [0.3, 0.4) is 0 Å². The van der Waals surface area contributed by atoms with Crippen molar-refractivity contribution in [1.29, 1.82) is 0 Å². The van der Waals surface area contributed by atoms with Crippen molar-refractivity contribution in [2.75, 3.05) is 4.90 Å². The van der Waals surface area contributed by atoms with Crippen LogP contribution in [0, 0.1) is 5.92 Å². The molecule has 0 spiro atoms. The number of anilines is 1. The number of ether oxygens (including phenoxy) is 1. The fraction of sp³-hybridized carbons (Fsp3) is 0.545. The zero-order chi connectivity index (χ0) is 18.9. The molecule has 3 rings (SSSR count). The van der Waals surface area contributed by atoms with Crippen LogP contribution in [0.2, 0.25) is 0 Å². The van der Waals surface area contributed by atoms with E-state index in [0.717, 1.165) is 31.2 Å². The van der Waals surface area contributed by atoms with Crippen molar-refractivity contribution < 1.29 is 14.3 Å². The van der Waals surface area contributed by atoms with Crippen LogP contribution in [0.1, 0.15) is 64.9 Å². The predicted molar refractivity (Wildman–Crippen MR) is 103 cm³/mol. The summed E-state index contributed by atoms with van der Waals surface area (Å²) in [7, 11) is 0. The number of carbonyl (C=O) groups is 2. The van der Waals surface area contributed by atoms with Crippen LogP contribution >= 0.6 is 0 Å². The summed E-state index contributed by atoms with van der Waals surface area (Å²) in [6, 6.07) is 7.67. The topological polar surface area (TPSA) is 46.6 Å². The third kappa shape index (κ3) is 3.06. The molecular weight excluding hydrogens is 326 g/mol. The highest BCUT2D eigenvalue weighted by Crippen LogP contribution is 2.52. The van der Waals surface area contributed by atoms with Crippen molar-refractivity contribution in [3.63, 3.8) is 0 Å². The molecule has 4 heteroatoms. The minimum absolute atomic E-state index is 0.153. The van der Waals surface area contributed by atoms with Crippen LogP contribution in [0.25, 0.3) is 0 Å². The van der Waals surface area contributed by atoms with E-state index in [1.807, 2.05) is 51.1 Å². The molecule has 1 aliphatic heterocycles. The lowest BCUT2D eigenvalue weighted by Crippen LogP contribution is -2.49. The molecule has 140 valence electrons. The molecule has 0 radical (unpaired) electrons. The molecule has 1 heterocycles. The maximum Gasteiger partial charge on any atom is 0.421 e. The lowest BCUT2D eigenvalue weighted by Gasteiger charge is -2.38. The number of rotatable bonds is 3. The molecule has 0 N–H and O–H groups in total. The molecule has 1 fully saturated rings. The molecule has 1 atom stereocenters. The van der Waals surface area contributed by atoms with Gasteiger partial charge in [-0.2, -0.15) is 0 Å². The van der Waals surface area contributed by atoms with Gasteiger partial charge in [-0.1, -0.05) is 43.5 Å². The maximum atomic E-state index is 13.7. The normalized spacial score (nSPS) is 23.7. The lowest BCUT2D eigenvalue weighted by atomic mass is 9.64. The largest absolute Gasteiger partial charge is 0.443 e. The first-order chi connectivity index (χ1) is 12.3. The highest BCUT2D eigenvalue weighted by atomic mass is 16.6. The van der Waals surface area contributed by atoms with E-state index in [2.05, 4.69) is 6.58 Å². The van der Waals surface area contributed by atoms with E-state index in [4.69, 9.17) is 4.74 Å². The Bertz CT molecular complexity index is 712. The van der Waals surface area contributed by atoms with Gasteiger partial charge in [0.05, 0.1) is 11.1 Å². The number of allylic oxidation sites excluding steroid dienone is 1. The van der Waals surface area contributed by atoms with Gasteiger partial charge in [-0.25, -0.2) is 9.69 Å². The Morgan fingerprint density at radius 3 is 2.54 bits per heavy atom. The Morgan fingerprint density at radius 2 is 1.92 bits per heavy atom. The third-order valence-electron chi connectivity index (χ3n) is 5.55. The minimum atomic E-state index is -0.699. The molecule has 1 unspecified atom stereocenters. The van der Waals surface area contributed by atoms with Gasteiger partial charge in [0, 0.05) is 0 Å². The SMILES string of the molecule is C=CCC1(C2CCCCC2)C(=O)N(C(=O)OC(C)(C)C)c2ccccc21. The zero-order valence-electron chi connectivity index (χ0n) is 16.1. The van der Waals surface area contributed by atoms with Crippen LogP contribution in [0.5, 0.6) is 0 Å². The molecule has 1 aromatic rings. The predicted octanol–water partition coefficient (Wildman–Crippen LogP) is 5.36. The van der Waals surface area contributed by atoms with Crippen LogP contribution in [0.15, 0.2) is 36.9 Å². The van der Waals surface area contributed by atoms with Crippen LogP contribution in [0.4, 0.5) is 10.5 Å². The number of amides is 2. The highest BCUT2D eigenvalue weighted by Gasteiger charge is 2.56. The number of imide groups is 1. The standard InChI is InChI=1S/C22H29NO3/c1-5-15-22(16-11-7-6-8-12-16)17-13-9-10-14-18(17)23(19(22)24)20(25)26-21(2,3)4/h5,9-10,13-14,16H,1,6-8,11-12,15H2,2-4H3. The Morgan fingerprint density at radius 1 is 1.27 bits per heavy atom. The maximum absolute atomic E-state index is 13.7. The number of nitrogens with zero attached hydrogens (tertiary/aromatic N) is 1. The van der Waals surface area contributed by atoms with Crippen molar-refractivity contribution in [3.8, 4) is 0 Å². The van der Waals surface area contributed by atoms with Crippen molar-refractivity contribution in [3.05, 3.63) is 42.5 Å². The first-order valence-electron chi connectivity index (χ1n) is 9.59. The summed E-state index contributed by atoms with van der Waals surface area (Å²) in [6.45, 7) is 9.36. The number of hydrogen-bond acceptors (Lipinski definition) is 3. The minimum Gasteiger partial charge on any atom is -0.443 e. The summed E-state index contributed by atoms with van der Waals surface area (Å²) < 4.78 is 5.55. The van der Waals surface area contributed by atoms with Gasteiger partial charge in [-0.05, 0) is 57.6 Å². The van der Waals surface area contributed by atoms with Crippen LogP contribution in [-0.4, -0.2) is 17.6 Å². The highest BCUT2D eigenvalue weighted by molar-refractivity contribution is 6.21. The second kappa shape index (κ2) is 6.90. The molecular formula is C22H29NO3. The third-order valence-corrected chi connectivity index (χ3v) is 5.55. The molecule has 4 nitrogen and oxygen atoms in total. The Kier molecular flexibility index (Phi) is 4.96. The van der Waals surface area contributed by atoms with Gasteiger partial charge in [-0.3, -0.25) is 4.79 Å². The Labute approximate surface area is 156 Å². The van der Waals surface area contributed by atoms with E-state index >= 15 is 0 Å². The van der Waals surface area contributed by atoms with Crippen molar-refractivity contribution in [2.24, 2.45) is 5.92 Å². The summed E-state index contributed by atoms with van der Waals surface area (Å²) in [6.07, 6.45) is 7.28. The number of carbonyl (C=O) groups excluding carboxylic acids is 2. The van der Waals surface area contributed by atoms with Crippen molar-refractivity contribution >= 4 is 17.7 Å². The molecule has 26 heavy (non-hydrogen) atoms. The summed E-state index contributed by atoms with van der Waals surface area (Å²) in [4.78, 5) is 27.8. The van der Waals surface area contributed by atoms with Gasteiger partial charge in [0.15, 0.2) is 0 Å². The van der Waals surface area contributed by atoms with Crippen LogP contribution in [-0.2, 0) is 14.9 Å². The van der Waals surface area contributed by atoms with Gasteiger partial charge < -0.3 is 4.74 Å². The van der Waals surface area contributed by atoms with E-state index < -0.39 is 17.1 Å². The molecule has 1 saturated carbocycles. The first-order valence-corrected chi connectivity index (χ1v) is 9.59. The number of hydrogen-bond donors (Lipinski definition) is 0. The van der Waals surface area contributed by atoms with Gasteiger partial charge in [0.2, 0.25) is 5.91 Å². The zero-order valence-corrected chi connectivity index (χ0v) is 16.1. The van der Waals surface area contributed by atoms with Gasteiger partial charge in [-0.15, -0.1) is 6.58 Å². The summed E-state index contributed by atoms with van der Waals surface area (Å²) in [5, 5.41) is 0. The van der Waals surface area contributed by atoms with Gasteiger partial charge >= 0.3 is 6.09 Å². The van der Waals surface area contributed by atoms with E-state index in [1.54, 1.807) is 0 Å². The average molecular weight is 355 g/mol.